The summed E-state index contributed by atoms with van der Waals surface area (Å²) in [6.45, 7) is 0. The summed E-state index contributed by atoms with van der Waals surface area (Å²) >= 11 is 0. The summed E-state index contributed by atoms with van der Waals surface area (Å²) in [6.07, 6.45) is -4.40. The summed E-state index contributed by atoms with van der Waals surface area (Å²) in [5.41, 5.74) is 5.91. The van der Waals surface area contributed by atoms with E-state index in [-0.39, 0.29) is 5.69 Å². The van der Waals surface area contributed by atoms with Crippen molar-refractivity contribution in [2.45, 2.75) is 12.2 Å². The van der Waals surface area contributed by atoms with Crippen molar-refractivity contribution in [3.8, 4) is 0 Å². The van der Waals surface area contributed by atoms with Gasteiger partial charge in [0.15, 0.2) is 0 Å². The number of nitrogens with one attached hydrogen (secondary N) is 1. The first-order chi connectivity index (χ1) is 9.88. The van der Waals surface area contributed by atoms with Crippen LogP contribution in [0.3, 0.4) is 0 Å². The standard InChI is InChI=1S/C15H13F3N2O/c16-15(17,18)11-6-8-12(9-7-11)20-14(21)13(19)10-4-2-1-3-5-10/h1-9,13H,19H2,(H,20,21)/t13-/m0/s1. The molecular weight excluding hydrogens is 281 g/mol. The van der Waals surface area contributed by atoms with Crippen molar-refractivity contribution in [2.24, 2.45) is 5.73 Å². The molecule has 0 bridgehead atoms. The molecule has 0 unspecified atom stereocenters. The first kappa shape index (κ1) is 15.1. The topological polar surface area (TPSA) is 55.1 Å². The molecule has 6 heteroatoms. The van der Waals surface area contributed by atoms with Gasteiger partial charge in [-0.2, -0.15) is 13.2 Å². The smallest absolute Gasteiger partial charge is 0.324 e. The van der Waals surface area contributed by atoms with E-state index in [1.54, 1.807) is 30.3 Å². The number of carbonyl (C=O) groups is 1. The van der Waals surface area contributed by atoms with Gasteiger partial charge in [-0.3, -0.25) is 4.79 Å². The number of halogens is 3. The van der Waals surface area contributed by atoms with Crippen molar-refractivity contribution in [3.63, 3.8) is 0 Å². The number of alkyl halides is 3. The number of nitrogens with two attached hydrogens (primary N) is 1. The highest BCUT2D eigenvalue weighted by Gasteiger charge is 2.30. The minimum atomic E-state index is -4.40. The predicted octanol–water partition coefficient (Wildman–Crippen LogP) is 3.34. The van der Waals surface area contributed by atoms with Gasteiger partial charge in [0, 0.05) is 5.69 Å². The summed E-state index contributed by atoms with van der Waals surface area (Å²) in [6, 6.07) is 12.0. The van der Waals surface area contributed by atoms with Gasteiger partial charge >= 0.3 is 6.18 Å². The fourth-order valence-corrected chi connectivity index (χ4v) is 1.77. The molecule has 2 rings (SSSR count). The van der Waals surface area contributed by atoms with Crippen LogP contribution in [0.15, 0.2) is 54.6 Å². The summed E-state index contributed by atoms with van der Waals surface area (Å²) in [7, 11) is 0. The molecule has 0 aliphatic heterocycles. The minimum Gasteiger partial charge on any atom is -0.324 e. The quantitative estimate of drug-likeness (QED) is 0.912. The van der Waals surface area contributed by atoms with Gasteiger partial charge in [-0.25, -0.2) is 0 Å². The van der Waals surface area contributed by atoms with Crippen molar-refractivity contribution in [1.29, 1.82) is 0 Å². The van der Waals surface area contributed by atoms with Crippen LogP contribution in [0, 0.1) is 0 Å². The lowest BCUT2D eigenvalue weighted by Crippen LogP contribution is -2.27. The van der Waals surface area contributed by atoms with Crippen LogP contribution in [-0.2, 0) is 11.0 Å². The third-order valence-corrected chi connectivity index (χ3v) is 2.92. The van der Waals surface area contributed by atoms with Crippen molar-refractivity contribution < 1.29 is 18.0 Å². The first-order valence-electron chi connectivity index (χ1n) is 6.16. The van der Waals surface area contributed by atoms with Crippen molar-refractivity contribution in [1.82, 2.24) is 0 Å². The molecule has 21 heavy (non-hydrogen) atoms. The monoisotopic (exact) mass is 294 g/mol. The maximum absolute atomic E-state index is 12.4. The predicted molar refractivity (Wildman–Crippen MR) is 73.4 cm³/mol. The second kappa shape index (κ2) is 5.97. The number of rotatable bonds is 3. The number of carbonyl (C=O) groups excluding carboxylic acids is 1. The Kier molecular flexibility index (Phi) is 4.28. The third kappa shape index (κ3) is 3.82. The van der Waals surface area contributed by atoms with E-state index in [0.717, 1.165) is 12.1 Å². The number of hydrogen-bond donors (Lipinski definition) is 2. The van der Waals surface area contributed by atoms with Crippen LogP contribution < -0.4 is 11.1 Å². The summed E-state index contributed by atoms with van der Waals surface area (Å²) in [5, 5.41) is 2.49. The minimum absolute atomic E-state index is 0.263. The first-order valence-corrected chi connectivity index (χ1v) is 6.16. The molecule has 2 aromatic rings. The summed E-state index contributed by atoms with van der Waals surface area (Å²) in [5.74, 6) is -0.485. The van der Waals surface area contributed by atoms with Crippen LogP contribution in [0.1, 0.15) is 17.2 Å². The molecule has 0 aromatic heterocycles. The Morgan fingerprint density at radius 2 is 1.57 bits per heavy atom. The summed E-state index contributed by atoms with van der Waals surface area (Å²) in [4.78, 5) is 11.9. The lowest BCUT2D eigenvalue weighted by molar-refractivity contribution is -0.137. The van der Waals surface area contributed by atoms with E-state index in [2.05, 4.69) is 5.32 Å². The second-order valence-corrected chi connectivity index (χ2v) is 4.45. The largest absolute Gasteiger partial charge is 0.416 e. The van der Waals surface area contributed by atoms with Crippen LogP contribution in [0.5, 0.6) is 0 Å². The van der Waals surface area contributed by atoms with Gasteiger partial charge in [-0.1, -0.05) is 30.3 Å². The molecule has 0 fully saturated rings. The van der Waals surface area contributed by atoms with E-state index in [1.807, 2.05) is 0 Å². The molecule has 0 aliphatic carbocycles. The Morgan fingerprint density at radius 3 is 2.10 bits per heavy atom. The van der Waals surface area contributed by atoms with Crippen molar-refractivity contribution in [3.05, 3.63) is 65.7 Å². The highest BCUT2D eigenvalue weighted by molar-refractivity contribution is 5.95. The van der Waals surface area contributed by atoms with Gasteiger partial charge in [-0.05, 0) is 29.8 Å². The molecule has 1 atom stereocenters. The molecule has 1 amide bonds. The Labute approximate surface area is 119 Å². The second-order valence-electron chi connectivity index (χ2n) is 4.45. The number of amides is 1. The molecule has 110 valence electrons. The number of anilines is 1. The van der Waals surface area contributed by atoms with E-state index in [0.29, 0.717) is 5.56 Å². The van der Waals surface area contributed by atoms with E-state index in [1.165, 1.54) is 12.1 Å². The Balaban J connectivity index is 2.06. The zero-order valence-corrected chi connectivity index (χ0v) is 10.9. The highest BCUT2D eigenvalue weighted by Crippen LogP contribution is 2.29. The highest BCUT2D eigenvalue weighted by atomic mass is 19.4. The normalized spacial score (nSPS) is 12.8. The zero-order valence-electron chi connectivity index (χ0n) is 10.9. The number of hydrogen-bond acceptors (Lipinski definition) is 2. The van der Waals surface area contributed by atoms with Crippen molar-refractivity contribution >= 4 is 11.6 Å². The van der Waals surface area contributed by atoms with E-state index in [9.17, 15) is 18.0 Å². The average Bonchev–Trinajstić information content (AvgIpc) is 2.47. The molecule has 2 aromatic carbocycles. The molecule has 3 N–H and O–H groups in total. The summed E-state index contributed by atoms with van der Waals surface area (Å²) < 4.78 is 37.3. The van der Waals surface area contributed by atoms with Crippen LogP contribution in [0.4, 0.5) is 18.9 Å². The van der Waals surface area contributed by atoms with E-state index < -0.39 is 23.7 Å². The Morgan fingerprint density at radius 1 is 1.00 bits per heavy atom. The molecule has 0 aliphatic rings. The van der Waals surface area contributed by atoms with Gasteiger partial charge in [0.25, 0.3) is 0 Å². The average molecular weight is 294 g/mol. The van der Waals surface area contributed by atoms with Gasteiger partial charge in [-0.15, -0.1) is 0 Å². The number of benzene rings is 2. The molecule has 0 radical (unpaired) electrons. The van der Waals surface area contributed by atoms with Crippen LogP contribution in [0.25, 0.3) is 0 Å². The molecule has 3 nitrogen and oxygen atoms in total. The van der Waals surface area contributed by atoms with Crippen LogP contribution >= 0.6 is 0 Å². The SMILES string of the molecule is N[C@H](C(=O)Nc1ccc(C(F)(F)F)cc1)c1ccccc1. The Hall–Kier alpha value is -2.34. The van der Waals surface area contributed by atoms with E-state index in [4.69, 9.17) is 5.73 Å². The van der Waals surface area contributed by atoms with Gasteiger partial charge in [0.1, 0.15) is 6.04 Å². The molecule has 0 spiro atoms. The van der Waals surface area contributed by atoms with Crippen molar-refractivity contribution in [2.75, 3.05) is 5.32 Å². The third-order valence-electron chi connectivity index (χ3n) is 2.92. The fourth-order valence-electron chi connectivity index (χ4n) is 1.77. The van der Waals surface area contributed by atoms with Crippen LogP contribution in [-0.4, -0.2) is 5.91 Å². The van der Waals surface area contributed by atoms with E-state index >= 15 is 0 Å². The van der Waals surface area contributed by atoms with Gasteiger partial charge in [0.2, 0.25) is 5.91 Å². The molecule has 0 heterocycles. The molecular formula is C15H13F3N2O. The maximum atomic E-state index is 12.4. The lowest BCUT2D eigenvalue weighted by atomic mass is 10.1. The zero-order chi connectivity index (χ0) is 15.5. The maximum Gasteiger partial charge on any atom is 0.416 e. The fraction of sp³-hybridized carbons (Fsp3) is 0.133. The lowest BCUT2D eigenvalue weighted by Gasteiger charge is -2.13. The van der Waals surface area contributed by atoms with Crippen LogP contribution in [0.2, 0.25) is 0 Å². The van der Waals surface area contributed by atoms with Gasteiger partial charge in [0.05, 0.1) is 5.56 Å². The molecule has 0 saturated heterocycles. The Bertz CT molecular complexity index is 609. The molecule has 0 saturated carbocycles. The van der Waals surface area contributed by atoms with Gasteiger partial charge < -0.3 is 11.1 Å².